The number of rotatable bonds is 6. The van der Waals surface area contributed by atoms with Gasteiger partial charge in [-0.3, -0.25) is 4.79 Å². The average molecular weight is 446 g/mol. The molecule has 1 atom stereocenters. The van der Waals surface area contributed by atoms with Gasteiger partial charge in [-0.05, 0) is 43.4 Å². The van der Waals surface area contributed by atoms with Crippen molar-refractivity contribution in [2.45, 2.75) is 27.2 Å². The predicted octanol–water partition coefficient (Wildman–Crippen LogP) is 3.45. The van der Waals surface area contributed by atoms with Gasteiger partial charge in [-0.1, -0.05) is 25.4 Å². The number of anilines is 2. The molecule has 0 saturated carbocycles. The number of hydrogen-bond acceptors (Lipinski definition) is 6. The highest BCUT2D eigenvalue weighted by Gasteiger charge is 2.29. The number of fused-ring (bicyclic) bond motifs is 1. The van der Waals surface area contributed by atoms with E-state index in [1.165, 1.54) is 6.42 Å². The van der Waals surface area contributed by atoms with Crippen LogP contribution in [0.25, 0.3) is 10.9 Å². The van der Waals surface area contributed by atoms with Crippen molar-refractivity contribution in [2.24, 2.45) is 11.8 Å². The van der Waals surface area contributed by atoms with Crippen molar-refractivity contribution in [1.82, 2.24) is 14.9 Å². The Kier molecular flexibility index (Phi) is 6.82. The third-order valence-corrected chi connectivity index (χ3v) is 6.67. The highest BCUT2D eigenvalue weighted by atomic mass is 35.5. The zero-order valence-corrected chi connectivity index (χ0v) is 19.4. The molecule has 168 valence electrons. The van der Waals surface area contributed by atoms with Gasteiger partial charge in [0.15, 0.2) is 0 Å². The van der Waals surface area contributed by atoms with Gasteiger partial charge in [-0.2, -0.15) is 4.98 Å². The molecule has 1 aromatic heterocycles. The van der Waals surface area contributed by atoms with E-state index in [1.807, 2.05) is 30.0 Å². The molecule has 2 aliphatic rings. The van der Waals surface area contributed by atoms with Gasteiger partial charge >= 0.3 is 0 Å². The van der Waals surface area contributed by atoms with Crippen LogP contribution in [0.4, 0.5) is 11.8 Å². The normalized spacial score (nSPS) is 19.6. The van der Waals surface area contributed by atoms with Crippen LogP contribution < -0.4 is 9.80 Å². The minimum absolute atomic E-state index is 0.0505. The molecule has 1 amide bonds. The molecule has 7 nitrogen and oxygen atoms in total. The maximum atomic E-state index is 12.3. The molecule has 4 rings (SSSR count). The molecule has 3 heterocycles. The van der Waals surface area contributed by atoms with Crippen LogP contribution in [0.3, 0.4) is 0 Å². The van der Waals surface area contributed by atoms with Crippen LogP contribution in [0.2, 0.25) is 5.02 Å². The fourth-order valence-corrected chi connectivity index (χ4v) is 4.59. The molecule has 0 radical (unpaired) electrons. The first kappa shape index (κ1) is 22.1. The lowest BCUT2D eigenvalue weighted by molar-refractivity contribution is -0.136. The quantitative estimate of drug-likeness (QED) is 0.678. The van der Waals surface area contributed by atoms with E-state index >= 15 is 0 Å². The summed E-state index contributed by atoms with van der Waals surface area (Å²) in [4.78, 5) is 28.6. The Hall–Kier alpha value is -2.12. The van der Waals surface area contributed by atoms with Crippen LogP contribution in [-0.2, 0) is 9.53 Å². The van der Waals surface area contributed by atoms with Crippen molar-refractivity contribution in [1.29, 1.82) is 0 Å². The standard InChI is InChI=1S/C23H32ClN5O2/c1-4-31-15-21(30)27-9-11-28(12-10-27)22-19-13-18(24)5-6-20(19)25-23(26-22)29-8-7-17(14-29)16(2)3/h5-6,13,16-17H,4,7-12,14-15H2,1-3H3. The van der Waals surface area contributed by atoms with Crippen LogP contribution >= 0.6 is 11.6 Å². The summed E-state index contributed by atoms with van der Waals surface area (Å²) < 4.78 is 5.28. The highest BCUT2D eigenvalue weighted by molar-refractivity contribution is 6.31. The van der Waals surface area contributed by atoms with Crippen LogP contribution in [0.15, 0.2) is 18.2 Å². The predicted molar refractivity (Wildman–Crippen MR) is 125 cm³/mol. The molecule has 2 fully saturated rings. The van der Waals surface area contributed by atoms with Gasteiger partial charge in [0, 0.05) is 56.3 Å². The van der Waals surface area contributed by atoms with Crippen molar-refractivity contribution in [3.63, 3.8) is 0 Å². The first-order valence-corrected chi connectivity index (χ1v) is 11.7. The zero-order chi connectivity index (χ0) is 22.0. The van der Waals surface area contributed by atoms with Gasteiger partial charge in [-0.25, -0.2) is 4.98 Å². The van der Waals surface area contributed by atoms with Gasteiger partial charge in [0.2, 0.25) is 11.9 Å². The summed E-state index contributed by atoms with van der Waals surface area (Å²) in [6.07, 6.45) is 1.18. The van der Waals surface area contributed by atoms with Crippen molar-refractivity contribution in [3.8, 4) is 0 Å². The van der Waals surface area contributed by atoms with Crippen molar-refractivity contribution >= 4 is 40.2 Å². The number of carbonyl (C=O) groups excluding carboxylic acids is 1. The third-order valence-electron chi connectivity index (χ3n) is 6.44. The maximum Gasteiger partial charge on any atom is 0.248 e. The Bertz CT molecular complexity index is 930. The largest absolute Gasteiger partial charge is 0.372 e. The molecule has 2 saturated heterocycles. The van der Waals surface area contributed by atoms with Gasteiger partial charge in [0.05, 0.1) is 5.52 Å². The topological polar surface area (TPSA) is 61.8 Å². The lowest BCUT2D eigenvalue weighted by Gasteiger charge is -2.36. The maximum absolute atomic E-state index is 12.3. The lowest BCUT2D eigenvalue weighted by atomic mass is 9.95. The van der Waals surface area contributed by atoms with Gasteiger partial charge in [0.1, 0.15) is 12.4 Å². The molecule has 8 heteroatoms. The number of halogens is 1. The zero-order valence-electron chi connectivity index (χ0n) is 18.7. The molecule has 0 bridgehead atoms. The van der Waals surface area contributed by atoms with Gasteiger partial charge in [-0.15, -0.1) is 0 Å². The van der Waals surface area contributed by atoms with Crippen LogP contribution in [0, 0.1) is 11.8 Å². The number of aromatic nitrogens is 2. The monoisotopic (exact) mass is 445 g/mol. The average Bonchev–Trinajstić information content (AvgIpc) is 3.28. The molecule has 2 aromatic rings. The summed E-state index contributed by atoms with van der Waals surface area (Å²) in [6.45, 7) is 11.9. The Morgan fingerprint density at radius 3 is 2.61 bits per heavy atom. The van der Waals surface area contributed by atoms with Crippen LogP contribution in [0.1, 0.15) is 27.2 Å². The molecule has 1 unspecified atom stereocenters. The second kappa shape index (κ2) is 9.57. The van der Waals surface area contributed by atoms with Crippen molar-refractivity contribution in [3.05, 3.63) is 23.2 Å². The number of carbonyl (C=O) groups is 1. The molecule has 31 heavy (non-hydrogen) atoms. The van der Waals surface area contributed by atoms with Crippen LogP contribution in [-0.4, -0.2) is 73.3 Å². The van der Waals surface area contributed by atoms with Crippen molar-refractivity contribution in [2.75, 3.05) is 62.3 Å². The van der Waals surface area contributed by atoms with E-state index in [-0.39, 0.29) is 12.5 Å². The SMILES string of the molecule is CCOCC(=O)N1CCN(c2nc(N3CCC(C(C)C)C3)nc3ccc(Cl)cc23)CC1. The second-order valence-corrected chi connectivity index (χ2v) is 9.19. The molecule has 0 spiro atoms. The summed E-state index contributed by atoms with van der Waals surface area (Å²) in [6, 6.07) is 5.81. The fraction of sp³-hybridized carbons (Fsp3) is 0.609. The number of benzene rings is 1. The molecular weight excluding hydrogens is 414 g/mol. The number of ether oxygens (including phenoxy) is 1. The summed E-state index contributed by atoms with van der Waals surface area (Å²) in [5.41, 5.74) is 0.909. The van der Waals surface area contributed by atoms with Gasteiger partial charge in [0.25, 0.3) is 0 Å². The summed E-state index contributed by atoms with van der Waals surface area (Å²) >= 11 is 6.31. The van der Waals surface area contributed by atoms with E-state index in [0.717, 1.165) is 48.8 Å². The minimum atomic E-state index is 0.0505. The fourth-order valence-electron chi connectivity index (χ4n) is 4.42. The Labute approximate surface area is 189 Å². The molecule has 0 N–H and O–H groups in total. The third kappa shape index (κ3) is 4.88. The molecule has 2 aliphatic heterocycles. The first-order chi connectivity index (χ1) is 15.0. The summed E-state index contributed by atoms with van der Waals surface area (Å²) in [7, 11) is 0. The number of amides is 1. The van der Waals surface area contributed by atoms with E-state index in [0.29, 0.717) is 36.6 Å². The van der Waals surface area contributed by atoms with E-state index in [2.05, 4.69) is 23.6 Å². The molecule has 0 aliphatic carbocycles. The summed E-state index contributed by atoms with van der Waals surface area (Å²) in [5, 5.41) is 1.64. The van der Waals surface area contributed by atoms with E-state index < -0.39 is 0 Å². The number of piperazine rings is 1. The van der Waals surface area contributed by atoms with E-state index in [1.54, 1.807) is 0 Å². The Morgan fingerprint density at radius 1 is 1.16 bits per heavy atom. The Morgan fingerprint density at radius 2 is 1.94 bits per heavy atom. The number of nitrogens with zero attached hydrogens (tertiary/aromatic N) is 5. The van der Waals surface area contributed by atoms with E-state index in [4.69, 9.17) is 26.3 Å². The van der Waals surface area contributed by atoms with Crippen molar-refractivity contribution < 1.29 is 9.53 Å². The molecule has 1 aromatic carbocycles. The lowest BCUT2D eigenvalue weighted by Crippen LogP contribution is -2.50. The minimum Gasteiger partial charge on any atom is -0.372 e. The molecular formula is C23H32ClN5O2. The van der Waals surface area contributed by atoms with Crippen LogP contribution in [0.5, 0.6) is 0 Å². The highest BCUT2D eigenvalue weighted by Crippen LogP contribution is 2.32. The summed E-state index contributed by atoms with van der Waals surface area (Å²) in [5.74, 6) is 3.09. The first-order valence-electron chi connectivity index (χ1n) is 11.3. The Balaban J connectivity index is 1.58. The smallest absolute Gasteiger partial charge is 0.248 e. The van der Waals surface area contributed by atoms with Gasteiger partial charge < -0.3 is 19.4 Å². The van der Waals surface area contributed by atoms with E-state index in [9.17, 15) is 4.79 Å². The number of hydrogen-bond donors (Lipinski definition) is 0. The second-order valence-electron chi connectivity index (χ2n) is 8.75.